The Hall–Kier alpha value is -1.12. The molecule has 0 spiro atoms. The smallest absolute Gasteiger partial charge is 0.134 e. The molecule has 0 aromatic carbocycles. The number of ketones is 1. The fourth-order valence-corrected chi connectivity index (χ4v) is 1.55. The predicted molar refractivity (Wildman–Crippen MR) is 51.8 cm³/mol. The highest BCUT2D eigenvalue weighted by atomic mass is 16.1. The lowest BCUT2D eigenvalue weighted by Gasteiger charge is -1.99. The highest BCUT2D eigenvalue weighted by Crippen LogP contribution is 2.13. The summed E-state index contributed by atoms with van der Waals surface area (Å²) in [6.07, 6.45) is 0.512. The first-order valence-corrected chi connectivity index (χ1v) is 4.58. The van der Waals surface area contributed by atoms with Crippen molar-refractivity contribution in [1.82, 2.24) is 9.78 Å². The van der Waals surface area contributed by atoms with Crippen LogP contribution in [0, 0.1) is 13.8 Å². The number of rotatable bonds is 3. The summed E-state index contributed by atoms with van der Waals surface area (Å²) in [7, 11) is 0. The highest BCUT2D eigenvalue weighted by Gasteiger charge is 2.11. The monoisotopic (exact) mass is 180 g/mol. The molecule has 0 aliphatic carbocycles. The molecule has 3 heteroatoms. The molecule has 1 aromatic heterocycles. The average Bonchev–Trinajstić information content (AvgIpc) is 2.31. The molecule has 13 heavy (non-hydrogen) atoms. The number of aromatic nitrogens is 2. The number of aryl methyl sites for hydroxylation is 2. The number of carbonyl (C=O) groups is 1. The van der Waals surface area contributed by atoms with E-state index in [2.05, 4.69) is 12.0 Å². The van der Waals surface area contributed by atoms with Gasteiger partial charge >= 0.3 is 0 Å². The first kappa shape index (κ1) is 9.96. The second kappa shape index (κ2) is 3.73. The first-order chi connectivity index (χ1) is 6.06. The van der Waals surface area contributed by atoms with Crippen LogP contribution in [0.5, 0.6) is 0 Å². The molecule has 3 nitrogen and oxygen atoms in total. The predicted octanol–water partition coefficient (Wildman–Crippen LogP) is 1.65. The van der Waals surface area contributed by atoms with E-state index in [-0.39, 0.29) is 5.78 Å². The van der Waals surface area contributed by atoms with E-state index in [0.717, 1.165) is 23.5 Å². The van der Waals surface area contributed by atoms with Crippen LogP contribution in [0.3, 0.4) is 0 Å². The molecule has 72 valence electrons. The number of hydrogen-bond acceptors (Lipinski definition) is 2. The van der Waals surface area contributed by atoms with Gasteiger partial charge in [-0.15, -0.1) is 0 Å². The molecular weight excluding hydrogens is 164 g/mol. The lowest BCUT2D eigenvalue weighted by molar-refractivity contribution is -0.116. The third kappa shape index (κ3) is 1.97. The van der Waals surface area contributed by atoms with Crippen LogP contribution in [0.15, 0.2) is 0 Å². The summed E-state index contributed by atoms with van der Waals surface area (Å²) in [5.41, 5.74) is 3.19. The Kier molecular flexibility index (Phi) is 2.86. The molecule has 0 aliphatic rings. The molecule has 0 amide bonds. The minimum absolute atomic E-state index is 0.196. The Morgan fingerprint density at radius 1 is 1.46 bits per heavy atom. The summed E-state index contributed by atoms with van der Waals surface area (Å²) in [4.78, 5) is 11.0. The topological polar surface area (TPSA) is 34.9 Å². The van der Waals surface area contributed by atoms with Gasteiger partial charge in [0.2, 0.25) is 0 Å². The van der Waals surface area contributed by atoms with Crippen molar-refractivity contribution in [1.29, 1.82) is 0 Å². The molecule has 0 radical (unpaired) electrons. The third-order valence-electron chi connectivity index (χ3n) is 2.26. The molecule has 0 saturated carbocycles. The molecule has 0 aliphatic heterocycles. The first-order valence-electron chi connectivity index (χ1n) is 4.58. The summed E-state index contributed by atoms with van der Waals surface area (Å²) >= 11 is 0. The van der Waals surface area contributed by atoms with Crippen molar-refractivity contribution in [2.45, 2.75) is 40.7 Å². The van der Waals surface area contributed by atoms with Gasteiger partial charge < -0.3 is 0 Å². The van der Waals surface area contributed by atoms with E-state index in [1.54, 1.807) is 6.92 Å². The van der Waals surface area contributed by atoms with Gasteiger partial charge in [-0.05, 0) is 27.7 Å². The zero-order chi connectivity index (χ0) is 10.0. The van der Waals surface area contributed by atoms with Crippen LogP contribution in [0.4, 0.5) is 0 Å². The number of carbonyl (C=O) groups excluding carboxylic acids is 1. The zero-order valence-electron chi connectivity index (χ0n) is 8.72. The van der Waals surface area contributed by atoms with Gasteiger partial charge in [-0.25, -0.2) is 0 Å². The van der Waals surface area contributed by atoms with Gasteiger partial charge in [0.15, 0.2) is 0 Å². The van der Waals surface area contributed by atoms with Crippen molar-refractivity contribution >= 4 is 5.78 Å². The van der Waals surface area contributed by atoms with Crippen LogP contribution < -0.4 is 0 Å². The van der Waals surface area contributed by atoms with E-state index in [0.29, 0.717) is 6.42 Å². The van der Waals surface area contributed by atoms with Crippen LogP contribution >= 0.6 is 0 Å². The van der Waals surface area contributed by atoms with Gasteiger partial charge in [-0.3, -0.25) is 9.48 Å². The van der Waals surface area contributed by atoms with Crippen LogP contribution in [-0.2, 0) is 17.8 Å². The average molecular weight is 180 g/mol. The maximum Gasteiger partial charge on any atom is 0.134 e. The highest BCUT2D eigenvalue weighted by molar-refractivity contribution is 5.78. The van der Waals surface area contributed by atoms with Gasteiger partial charge in [0.05, 0.1) is 5.69 Å². The maximum atomic E-state index is 11.0. The lowest BCUT2D eigenvalue weighted by atomic mass is 10.1. The van der Waals surface area contributed by atoms with E-state index in [4.69, 9.17) is 0 Å². The number of hydrogen-bond donors (Lipinski definition) is 0. The molecule has 1 aromatic rings. The second-order valence-corrected chi connectivity index (χ2v) is 3.34. The standard InChI is InChI=1S/C10H16N2O/c1-5-12-9(4)10(6-7(2)13)8(3)11-12/h5-6H2,1-4H3. The third-order valence-corrected chi connectivity index (χ3v) is 2.26. The summed E-state index contributed by atoms with van der Waals surface area (Å²) in [6, 6.07) is 0. The van der Waals surface area contributed by atoms with Crippen molar-refractivity contribution in [2.24, 2.45) is 0 Å². The quantitative estimate of drug-likeness (QED) is 0.709. The van der Waals surface area contributed by atoms with Crippen molar-refractivity contribution in [3.63, 3.8) is 0 Å². The van der Waals surface area contributed by atoms with Crippen molar-refractivity contribution in [3.8, 4) is 0 Å². The van der Waals surface area contributed by atoms with Gasteiger partial charge in [0.25, 0.3) is 0 Å². The van der Waals surface area contributed by atoms with Crippen molar-refractivity contribution < 1.29 is 4.79 Å². The summed E-state index contributed by atoms with van der Waals surface area (Å²) < 4.78 is 1.94. The fraction of sp³-hybridized carbons (Fsp3) is 0.600. The second-order valence-electron chi connectivity index (χ2n) is 3.34. The molecule has 0 unspecified atom stereocenters. The Morgan fingerprint density at radius 3 is 2.46 bits per heavy atom. The molecule has 1 rings (SSSR count). The van der Waals surface area contributed by atoms with Crippen LogP contribution in [0.1, 0.15) is 30.8 Å². The normalized spacial score (nSPS) is 10.5. The van der Waals surface area contributed by atoms with E-state index >= 15 is 0 Å². The maximum absolute atomic E-state index is 11.0. The van der Waals surface area contributed by atoms with E-state index in [1.807, 2.05) is 18.5 Å². The SMILES string of the molecule is CCn1nc(C)c(CC(C)=O)c1C. The molecule has 0 atom stereocenters. The minimum atomic E-state index is 0.196. The van der Waals surface area contributed by atoms with E-state index < -0.39 is 0 Å². The molecule has 0 bridgehead atoms. The van der Waals surface area contributed by atoms with Crippen molar-refractivity contribution in [2.75, 3.05) is 0 Å². The Morgan fingerprint density at radius 2 is 2.08 bits per heavy atom. The molecule has 0 N–H and O–H groups in total. The number of Topliss-reactive ketones (excluding diaryl/α,β-unsaturated/α-hetero) is 1. The van der Waals surface area contributed by atoms with Crippen LogP contribution in [0.25, 0.3) is 0 Å². The van der Waals surface area contributed by atoms with Gasteiger partial charge in [0, 0.05) is 24.2 Å². The fourth-order valence-electron chi connectivity index (χ4n) is 1.55. The largest absolute Gasteiger partial charge is 0.300 e. The number of nitrogens with zero attached hydrogens (tertiary/aromatic N) is 2. The minimum Gasteiger partial charge on any atom is -0.300 e. The van der Waals surface area contributed by atoms with Gasteiger partial charge in [-0.1, -0.05) is 0 Å². The zero-order valence-corrected chi connectivity index (χ0v) is 8.72. The molecule has 0 saturated heterocycles. The summed E-state index contributed by atoms with van der Waals surface area (Å²) in [5, 5.41) is 4.35. The molecular formula is C10H16N2O. The Balaban J connectivity index is 3.05. The lowest BCUT2D eigenvalue weighted by Crippen LogP contribution is -2.01. The Labute approximate surface area is 78.8 Å². The van der Waals surface area contributed by atoms with Gasteiger partial charge in [0.1, 0.15) is 5.78 Å². The Bertz CT molecular complexity index is 326. The van der Waals surface area contributed by atoms with E-state index in [9.17, 15) is 4.79 Å². The van der Waals surface area contributed by atoms with Crippen LogP contribution in [-0.4, -0.2) is 15.6 Å². The van der Waals surface area contributed by atoms with Gasteiger partial charge in [-0.2, -0.15) is 5.10 Å². The summed E-state index contributed by atoms with van der Waals surface area (Å²) in [6.45, 7) is 8.50. The molecule has 0 fully saturated rings. The summed E-state index contributed by atoms with van der Waals surface area (Å²) in [5.74, 6) is 0.196. The van der Waals surface area contributed by atoms with Crippen molar-refractivity contribution in [3.05, 3.63) is 17.0 Å². The molecule has 1 heterocycles. The van der Waals surface area contributed by atoms with E-state index in [1.165, 1.54) is 0 Å². The van der Waals surface area contributed by atoms with Crippen LogP contribution in [0.2, 0.25) is 0 Å².